The van der Waals surface area contributed by atoms with Crippen LogP contribution in [0.3, 0.4) is 0 Å². The van der Waals surface area contributed by atoms with Crippen LogP contribution in [0.1, 0.15) is 30.4 Å². The Morgan fingerprint density at radius 2 is 1.76 bits per heavy atom. The Labute approximate surface area is 144 Å². The summed E-state index contributed by atoms with van der Waals surface area (Å²) in [4.78, 5) is 25.0. The molecule has 0 radical (unpaired) electrons. The van der Waals surface area contributed by atoms with Crippen molar-refractivity contribution in [3.63, 3.8) is 0 Å². The first-order valence-electron chi connectivity index (χ1n) is 7.88. The number of aliphatic carboxylic acids is 1. The van der Waals surface area contributed by atoms with Gasteiger partial charge in [0.25, 0.3) is 0 Å². The third-order valence-electron chi connectivity index (χ3n) is 3.93. The van der Waals surface area contributed by atoms with Crippen molar-refractivity contribution < 1.29 is 23.5 Å². The fourth-order valence-corrected chi connectivity index (χ4v) is 2.51. The second-order valence-corrected chi connectivity index (χ2v) is 5.78. The van der Waals surface area contributed by atoms with Crippen LogP contribution >= 0.6 is 0 Å². The molecule has 0 heterocycles. The van der Waals surface area contributed by atoms with Crippen molar-refractivity contribution in [1.82, 2.24) is 4.90 Å². The van der Waals surface area contributed by atoms with Gasteiger partial charge in [0.05, 0.1) is 12.3 Å². The van der Waals surface area contributed by atoms with E-state index >= 15 is 0 Å². The van der Waals surface area contributed by atoms with Gasteiger partial charge in [-0.15, -0.1) is 0 Å². The fraction of sp³-hybridized carbons (Fsp3) is 0.263. The summed E-state index contributed by atoms with van der Waals surface area (Å²) in [6, 6.07) is 12.5. The minimum Gasteiger partial charge on any atom is -0.481 e. The molecule has 0 saturated carbocycles. The normalized spacial score (nSPS) is 11.8. The second kappa shape index (κ2) is 8.37. The van der Waals surface area contributed by atoms with Gasteiger partial charge in [-0.3, -0.25) is 9.59 Å². The Kier molecular flexibility index (Phi) is 6.22. The number of amides is 1. The van der Waals surface area contributed by atoms with Crippen molar-refractivity contribution in [1.29, 1.82) is 0 Å². The lowest BCUT2D eigenvalue weighted by Crippen LogP contribution is -2.35. The number of benzene rings is 2. The van der Waals surface area contributed by atoms with Gasteiger partial charge in [0, 0.05) is 13.1 Å². The lowest BCUT2D eigenvalue weighted by Gasteiger charge is -2.26. The van der Waals surface area contributed by atoms with E-state index in [0.717, 1.165) is 17.7 Å². The number of hydrogen-bond acceptors (Lipinski definition) is 2. The molecule has 0 bridgehead atoms. The summed E-state index contributed by atoms with van der Waals surface area (Å²) < 4.78 is 26.5. The molecule has 2 rings (SSSR count). The lowest BCUT2D eigenvalue weighted by molar-refractivity contribution is -0.139. The van der Waals surface area contributed by atoms with Crippen LogP contribution < -0.4 is 0 Å². The maximum atomic E-state index is 13.4. The molecule has 1 atom stereocenters. The highest BCUT2D eigenvalue weighted by atomic mass is 19.2. The van der Waals surface area contributed by atoms with Crippen LogP contribution in [-0.2, 0) is 16.1 Å². The number of rotatable bonds is 7. The molecule has 0 aliphatic heterocycles. The molecule has 6 heteroatoms. The van der Waals surface area contributed by atoms with Crippen LogP contribution in [-0.4, -0.2) is 28.4 Å². The van der Waals surface area contributed by atoms with E-state index < -0.39 is 23.5 Å². The van der Waals surface area contributed by atoms with E-state index in [4.69, 9.17) is 5.11 Å². The average Bonchev–Trinajstić information content (AvgIpc) is 2.61. The number of nitrogens with zero attached hydrogens (tertiary/aromatic N) is 1. The zero-order valence-corrected chi connectivity index (χ0v) is 13.8. The van der Waals surface area contributed by atoms with Crippen LogP contribution in [0, 0.1) is 11.6 Å². The predicted molar refractivity (Wildman–Crippen MR) is 88.9 cm³/mol. The smallest absolute Gasteiger partial charge is 0.305 e. The highest BCUT2D eigenvalue weighted by Crippen LogP contribution is 2.20. The summed E-state index contributed by atoms with van der Waals surface area (Å²) in [5.41, 5.74) is 1.20. The molecule has 0 saturated heterocycles. The van der Waals surface area contributed by atoms with Gasteiger partial charge in [0.1, 0.15) is 0 Å². The van der Waals surface area contributed by atoms with Gasteiger partial charge in [-0.05, 0) is 30.2 Å². The molecule has 25 heavy (non-hydrogen) atoms. The summed E-state index contributed by atoms with van der Waals surface area (Å²) >= 11 is 0. The van der Waals surface area contributed by atoms with E-state index in [1.54, 1.807) is 6.92 Å². The van der Waals surface area contributed by atoms with Crippen molar-refractivity contribution in [2.75, 3.05) is 6.54 Å². The molecule has 132 valence electrons. The third-order valence-corrected chi connectivity index (χ3v) is 3.93. The number of hydrogen-bond donors (Lipinski definition) is 1. The minimum atomic E-state index is -1.03. The first-order valence-corrected chi connectivity index (χ1v) is 7.88. The topological polar surface area (TPSA) is 57.6 Å². The number of carboxylic acids is 1. The number of carbonyl (C=O) groups is 2. The summed E-state index contributed by atoms with van der Waals surface area (Å²) in [5, 5.41) is 8.90. The largest absolute Gasteiger partial charge is 0.481 e. The van der Waals surface area contributed by atoms with Gasteiger partial charge in [-0.25, -0.2) is 8.78 Å². The standard InChI is InChI=1S/C19H19F2NO3/c1-13(15-5-3-2-4-6-15)19(25)22(10-9-18(23)24)12-14-7-8-16(20)17(21)11-14/h2-8,11,13H,9-10,12H2,1H3,(H,23,24). The van der Waals surface area contributed by atoms with Crippen LogP contribution in [0.4, 0.5) is 8.78 Å². The van der Waals surface area contributed by atoms with Gasteiger partial charge in [-0.2, -0.15) is 0 Å². The van der Waals surface area contributed by atoms with Crippen molar-refractivity contribution in [3.05, 3.63) is 71.3 Å². The van der Waals surface area contributed by atoms with Crippen LogP contribution in [0.15, 0.2) is 48.5 Å². The van der Waals surface area contributed by atoms with Crippen LogP contribution in [0.5, 0.6) is 0 Å². The van der Waals surface area contributed by atoms with Gasteiger partial charge in [0.15, 0.2) is 11.6 Å². The van der Waals surface area contributed by atoms with E-state index in [1.807, 2.05) is 30.3 Å². The van der Waals surface area contributed by atoms with E-state index in [9.17, 15) is 18.4 Å². The maximum Gasteiger partial charge on any atom is 0.305 e. The highest BCUT2D eigenvalue weighted by molar-refractivity contribution is 5.83. The molecule has 0 aliphatic carbocycles. The fourth-order valence-electron chi connectivity index (χ4n) is 2.51. The summed E-state index contributed by atoms with van der Waals surface area (Å²) in [5.74, 6) is -3.74. The Morgan fingerprint density at radius 3 is 2.36 bits per heavy atom. The molecule has 1 N–H and O–H groups in total. The third kappa shape index (κ3) is 5.11. The molecular weight excluding hydrogens is 328 g/mol. The molecular formula is C19H19F2NO3. The lowest BCUT2D eigenvalue weighted by atomic mass is 9.99. The van der Waals surface area contributed by atoms with E-state index in [0.29, 0.717) is 5.56 Å². The van der Waals surface area contributed by atoms with E-state index in [2.05, 4.69) is 0 Å². The van der Waals surface area contributed by atoms with Gasteiger partial charge in [0.2, 0.25) is 5.91 Å². The Bertz CT molecular complexity index is 750. The maximum absolute atomic E-state index is 13.4. The van der Waals surface area contributed by atoms with E-state index in [1.165, 1.54) is 11.0 Å². The van der Waals surface area contributed by atoms with Crippen molar-refractivity contribution in [2.24, 2.45) is 0 Å². The molecule has 4 nitrogen and oxygen atoms in total. The second-order valence-electron chi connectivity index (χ2n) is 5.78. The summed E-state index contributed by atoms with van der Waals surface area (Å²) in [6.45, 7) is 1.74. The quantitative estimate of drug-likeness (QED) is 0.833. The van der Waals surface area contributed by atoms with Gasteiger partial charge < -0.3 is 10.0 Å². The first-order chi connectivity index (χ1) is 11.9. The zero-order chi connectivity index (χ0) is 18.4. The van der Waals surface area contributed by atoms with Crippen molar-refractivity contribution >= 4 is 11.9 Å². The Balaban J connectivity index is 2.20. The molecule has 2 aromatic rings. The molecule has 2 aromatic carbocycles. The minimum absolute atomic E-state index is 0.00959. The SMILES string of the molecule is CC(C(=O)N(CCC(=O)O)Cc1ccc(F)c(F)c1)c1ccccc1. The molecule has 1 amide bonds. The number of halogens is 2. The average molecular weight is 347 g/mol. The van der Waals surface area contributed by atoms with Crippen molar-refractivity contribution in [2.45, 2.75) is 25.8 Å². The molecule has 0 aromatic heterocycles. The zero-order valence-electron chi connectivity index (χ0n) is 13.8. The first kappa shape index (κ1) is 18.6. The molecule has 0 spiro atoms. The Hall–Kier alpha value is -2.76. The monoisotopic (exact) mass is 347 g/mol. The summed E-state index contributed by atoms with van der Waals surface area (Å²) in [7, 11) is 0. The molecule has 0 fully saturated rings. The highest BCUT2D eigenvalue weighted by Gasteiger charge is 2.23. The van der Waals surface area contributed by atoms with E-state index in [-0.39, 0.29) is 25.4 Å². The van der Waals surface area contributed by atoms with Gasteiger partial charge >= 0.3 is 5.97 Å². The Morgan fingerprint density at radius 1 is 1.08 bits per heavy atom. The number of carbonyl (C=O) groups excluding carboxylic acids is 1. The molecule has 1 unspecified atom stereocenters. The van der Waals surface area contributed by atoms with Crippen LogP contribution in [0.2, 0.25) is 0 Å². The molecule has 0 aliphatic rings. The van der Waals surface area contributed by atoms with Crippen LogP contribution in [0.25, 0.3) is 0 Å². The van der Waals surface area contributed by atoms with Gasteiger partial charge in [-0.1, -0.05) is 36.4 Å². The predicted octanol–water partition coefficient (Wildman–Crippen LogP) is 3.57. The number of carboxylic acid groups (broad SMARTS) is 1. The summed E-state index contributed by atoms with van der Waals surface area (Å²) in [6.07, 6.45) is -0.225. The van der Waals surface area contributed by atoms with Crippen molar-refractivity contribution in [3.8, 4) is 0 Å².